The molecule has 0 N–H and O–H groups in total. The average Bonchev–Trinajstić information content (AvgIpc) is 2.78. The Kier molecular flexibility index (Phi) is 7.84. The van der Waals surface area contributed by atoms with E-state index in [2.05, 4.69) is 15.9 Å². The highest BCUT2D eigenvalue weighted by atomic mass is 79.9. The quantitative estimate of drug-likeness (QED) is 0.286. The molecule has 0 saturated heterocycles. The summed E-state index contributed by atoms with van der Waals surface area (Å²) in [5.74, 6) is 0.105. The van der Waals surface area contributed by atoms with Crippen LogP contribution in [0.1, 0.15) is 38.8 Å². The molecule has 0 heterocycles. The first-order valence-corrected chi connectivity index (χ1v) is 10.7. The maximum Gasteiger partial charge on any atom is 0.338 e. The number of ether oxygens (including phenoxy) is 3. The second-order valence-corrected chi connectivity index (χ2v) is 7.79. The van der Waals surface area contributed by atoms with Crippen molar-refractivity contribution in [2.75, 3.05) is 13.2 Å². The number of esters is 1. The van der Waals surface area contributed by atoms with Crippen molar-refractivity contribution in [2.45, 2.75) is 20.5 Å². The van der Waals surface area contributed by atoms with Crippen LogP contribution in [0.3, 0.4) is 0 Å². The number of aryl methyl sites for hydroxylation is 1. The van der Waals surface area contributed by atoms with Gasteiger partial charge in [-0.15, -0.1) is 0 Å². The van der Waals surface area contributed by atoms with E-state index >= 15 is 0 Å². The van der Waals surface area contributed by atoms with Crippen molar-refractivity contribution in [3.8, 4) is 11.5 Å². The zero-order chi connectivity index (χ0) is 22.2. The van der Waals surface area contributed by atoms with Gasteiger partial charge in [0, 0.05) is 10.0 Å². The summed E-state index contributed by atoms with van der Waals surface area (Å²) in [6.45, 7) is 4.34. The highest BCUT2D eigenvalue weighted by molar-refractivity contribution is 9.10. The Bertz CT molecular complexity index is 1040. The van der Waals surface area contributed by atoms with Crippen LogP contribution in [0.5, 0.6) is 11.5 Å². The molecule has 0 saturated carbocycles. The normalized spacial score (nSPS) is 10.4. The number of hydrogen-bond acceptors (Lipinski definition) is 5. The van der Waals surface area contributed by atoms with Gasteiger partial charge in [-0.25, -0.2) is 4.79 Å². The molecule has 0 bridgehead atoms. The standard InChI is InChI=1S/C25H23BrO5/c1-3-29-24-14-20(10-13-23(24)30-15-18-6-4-17(2)5-7-18)25(28)31-16-22(27)19-8-11-21(26)12-9-19/h4-14H,3,15-16H2,1-2H3. The number of benzene rings is 3. The first-order valence-electron chi connectivity index (χ1n) is 9.87. The summed E-state index contributed by atoms with van der Waals surface area (Å²) in [5.41, 5.74) is 2.98. The molecule has 0 aromatic heterocycles. The van der Waals surface area contributed by atoms with Crippen LogP contribution in [0.15, 0.2) is 71.2 Å². The van der Waals surface area contributed by atoms with Gasteiger partial charge in [0.15, 0.2) is 23.9 Å². The Morgan fingerprint density at radius 3 is 2.19 bits per heavy atom. The smallest absolute Gasteiger partial charge is 0.338 e. The molecule has 0 aliphatic carbocycles. The molecular formula is C25H23BrO5. The molecular weight excluding hydrogens is 460 g/mol. The minimum absolute atomic E-state index is 0.274. The third-order valence-corrected chi connectivity index (χ3v) is 5.02. The van der Waals surface area contributed by atoms with E-state index in [-0.39, 0.29) is 18.0 Å². The Morgan fingerprint density at radius 1 is 0.839 bits per heavy atom. The fraction of sp³-hybridized carbons (Fsp3) is 0.200. The summed E-state index contributed by atoms with van der Waals surface area (Å²) in [6, 6.07) is 19.8. The fourth-order valence-electron chi connectivity index (χ4n) is 2.80. The SMILES string of the molecule is CCOc1cc(C(=O)OCC(=O)c2ccc(Br)cc2)ccc1OCc1ccc(C)cc1. The number of carbonyl (C=O) groups is 2. The molecule has 0 aliphatic heterocycles. The lowest BCUT2D eigenvalue weighted by Gasteiger charge is -2.13. The monoisotopic (exact) mass is 482 g/mol. The summed E-state index contributed by atoms with van der Waals surface area (Å²) in [7, 11) is 0. The second-order valence-electron chi connectivity index (χ2n) is 6.88. The van der Waals surface area contributed by atoms with E-state index in [0.717, 1.165) is 10.0 Å². The van der Waals surface area contributed by atoms with Crippen LogP contribution in [-0.2, 0) is 11.3 Å². The molecule has 6 heteroatoms. The van der Waals surface area contributed by atoms with Gasteiger partial charge in [-0.05, 0) is 49.7 Å². The number of halogens is 1. The summed E-state index contributed by atoms with van der Waals surface area (Å²) in [6.07, 6.45) is 0. The van der Waals surface area contributed by atoms with Gasteiger partial charge in [0.25, 0.3) is 0 Å². The first kappa shape index (κ1) is 22.6. The molecule has 31 heavy (non-hydrogen) atoms. The Labute approximate surface area is 190 Å². The molecule has 0 atom stereocenters. The highest BCUT2D eigenvalue weighted by Crippen LogP contribution is 2.29. The Balaban J connectivity index is 1.64. The van der Waals surface area contributed by atoms with E-state index in [4.69, 9.17) is 14.2 Å². The fourth-order valence-corrected chi connectivity index (χ4v) is 3.07. The predicted molar refractivity (Wildman–Crippen MR) is 122 cm³/mol. The second kappa shape index (κ2) is 10.8. The summed E-state index contributed by atoms with van der Waals surface area (Å²) in [4.78, 5) is 24.7. The first-order chi connectivity index (χ1) is 15.0. The Morgan fingerprint density at radius 2 is 1.52 bits per heavy atom. The zero-order valence-electron chi connectivity index (χ0n) is 17.4. The van der Waals surface area contributed by atoms with Crippen LogP contribution in [0.25, 0.3) is 0 Å². The molecule has 3 rings (SSSR count). The molecule has 0 amide bonds. The molecule has 0 unspecified atom stereocenters. The third-order valence-electron chi connectivity index (χ3n) is 4.49. The molecule has 0 aliphatic rings. The minimum Gasteiger partial charge on any atom is -0.490 e. The molecule has 3 aromatic carbocycles. The van der Waals surface area contributed by atoms with Crippen molar-refractivity contribution in [2.24, 2.45) is 0 Å². The van der Waals surface area contributed by atoms with Gasteiger partial charge in [0.2, 0.25) is 0 Å². The van der Waals surface area contributed by atoms with Gasteiger partial charge in [-0.1, -0.05) is 57.9 Å². The van der Waals surface area contributed by atoms with Crippen molar-refractivity contribution in [1.29, 1.82) is 0 Å². The topological polar surface area (TPSA) is 61.8 Å². The number of ketones is 1. The van der Waals surface area contributed by atoms with E-state index in [1.165, 1.54) is 5.56 Å². The van der Waals surface area contributed by atoms with Crippen LogP contribution in [0, 0.1) is 6.92 Å². The van der Waals surface area contributed by atoms with Crippen LogP contribution in [0.4, 0.5) is 0 Å². The molecule has 0 spiro atoms. The van der Waals surface area contributed by atoms with Crippen molar-refractivity contribution in [3.63, 3.8) is 0 Å². The maximum atomic E-state index is 12.4. The Hall–Kier alpha value is -3.12. The van der Waals surface area contributed by atoms with Crippen molar-refractivity contribution >= 4 is 27.7 Å². The van der Waals surface area contributed by atoms with E-state index in [0.29, 0.717) is 30.3 Å². The van der Waals surface area contributed by atoms with Crippen molar-refractivity contribution in [3.05, 3.63) is 93.5 Å². The van der Waals surface area contributed by atoms with Gasteiger partial charge in [0.05, 0.1) is 12.2 Å². The van der Waals surface area contributed by atoms with Gasteiger partial charge in [-0.2, -0.15) is 0 Å². The molecule has 0 radical (unpaired) electrons. The minimum atomic E-state index is -0.600. The van der Waals surface area contributed by atoms with E-state index < -0.39 is 5.97 Å². The van der Waals surface area contributed by atoms with Crippen molar-refractivity contribution < 1.29 is 23.8 Å². The zero-order valence-corrected chi connectivity index (χ0v) is 19.0. The molecule has 5 nitrogen and oxygen atoms in total. The molecule has 160 valence electrons. The lowest BCUT2D eigenvalue weighted by molar-refractivity contribution is 0.0474. The summed E-state index contributed by atoms with van der Waals surface area (Å²) in [5, 5.41) is 0. The molecule has 0 fully saturated rings. The van der Waals surface area contributed by atoms with E-state index in [1.54, 1.807) is 42.5 Å². The van der Waals surface area contributed by atoms with E-state index in [1.807, 2.05) is 38.1 Å². The van der Waals surface area contributed by atoms with Crippen LogP contribution < -0.4 is 9.47 Å². The van der Waals surface area contributed by atoms with E-state index in [9.17, 15) is 9.59 Å². The third kappa shape index (κ3) is 6.43. The molecule has 3 aromatic rings. The van der Waals surface area contributed by atoms with Crippen LogP contribution >= 0.6 is 15.9 Å². The average molecular weight is 483 g/mol. The maximum absolute atomic E-state index is 12.4. The predicted octanol–water partition coefficient (Wildman–Crippen LogP) is 5.77. The number of rotatable bonds is 9. The summed E-state index contributed by atoms with van der Waals surface area (Å²) >= 11 is 3.32. The van der Waals surface area contributed by atoms with Gasteiger partial charge in [0.1, 0.15) is 6.61 Å². The van der Waals surface area contributed by atoms with Crippen LogP contribution in [-0.4, -0.2) is 25.0 Å². The highest BCUT2D eigenvalue weighted by Gasteiger charge is 2.15. The largest absolute Gasteiger partial charge is 0.490 e. The summed E-state index contributed by atoms with van der Waals surface area (Å²) < 4.78 is 17.6. The number of carbonyl (C=O) groups excluding carboxylic acids is 2. The van der Waals surface area contributed by atoms with Crippen LogP contribution in [0.2, 0.25) is 0 Å². The number of hydrogen-bond donors (Lipinski definition) is 0. The lowest BCUT2D eigenvalue weighted by Crippen LogP contribution is -2.14. The van der Waals surface area contributed by atoms with Gasteiger partial charge >= 0.3 is 5.97 Å². The van der Waals surface area contributed by atoms with Gasteiger partial charge < -0.3 is 14.2 Å². The number of Topliss-reactive ketones (excluding diaryl/α,β-unsaturated/α-hetero) is 1. The van der Waals surface area contributed by atoms with Crippen molar-refractivity contribution in [1.82, 2.24) is 0 Å². The lowest BCUT2D eigenvalue weighted by atomic mass is 10.1. The van der Waals surface area contributed by atoms with Gasteiger partial charge in [-0.3, -0.25) is 4.79 Å².